The fourth-order valence-electron chi connectivity index (χ4n) is 3.16. The van der Waals surface area contributed by atoms with E-state index < -0.39 is 11.6 Å². The molecule has 0 aliphatic carbocycles. The van der Waals surface area contributed by atoms with Crippen LogP contribution in [-0.4, -0.2) is 48.0 Å². The number of benzene rings is 1. The topological polar surface area (TPSA) is 90.5 Å². The number of carbonyl (C=O) groups is 3. The third-order valence-electron chi connectivity index (χ3n) is 4.37. The Labute approximate surface area is 138 Å². The van der Waals surface area contributed by atoms with Gasteiger partial charge >= 0.3 is 12.1 Å². The first-order chi connectivity index (χ1) is 11.5. The lowest BCUT2D eigenvalue weighted by atomic mass is 9.89. The highest BCUT2D eigenvalue weighted by Crippen LogP contribution is 2.24. The maximum atomic E-state index is 13.1. The van der Waals surface area contributed by atoms with E-state index in [1.165, 1.54) is 17.0 Å². The Balaban J connectivity index is 1.53. The van der Waals surface area contributed by atoms with E-state index in [9.17, 15) is 18.8 Å². The molecular weight excluding hydrogens is 315 g/mol. The Morgan fingerprint density at radius 3 is 2.92 bits per heavy atom. The van der Waals surface area contributed by atoms with Crippen molar-refractivity contribution in [2.24, 2.45) is 0 Å². The number of halogens is 1. The fraction of sp³-hybridized carbons (Fsp3) is 0.438. The van der Waals surface area contributed by atoms with E-state index in [2.05, 4.69) is 16.0 Å². The van der Waals surface area contributed by atoms with Crippen LogP contribution in [0.15, 0.2) is 24.3 Å². The zero-order chi connectivity index (χ0) is 17.2. The molecule has 1 aromatic carbocycles. The van der Waals surface area contributed by atoms with Crippen LogP contribution in [0.5, 0.6) is 0 Å². The monoisotopic (exact) mass is 334 g/mol. The molecule has 1 atom stereocenters. The summed E-state index contributed by atoms with van der Waals surface area (Å²) in [5.74, 6) is -0.690. The summed E-state index contributed by atoms with van der Waals surface area (Å²) in [4.78, 5) is 37.1. The van der Waals surface area contributed by atoms with Gasteiger partial charge in [0.25, 0.3) is 5.91 Å². The highest BCUT2D eigenvalue weighted by atomic mass is 19.1. The average Bonchev–Trinajstić information content (AvgIpc) is 2.80. The lowest BCUT2D eigenvalue weighted by molar-refractivity contribution is -0.125. The smallest absolute Gasteiger partial charge is 0.322 e. The van der Waals surface area contributed by atoms with Crippen molar-refractivity contribution in [3.8, 4) is 0 Å². The molecule has 128 valence electrons. The molecule has 5 amide bonds. The molecular formula is C16H19FN4O3. The van der Waals surface area contributed by atoms with Crippen LogP contribution in [0, 0.1) is 5.82 Å². The molecule has 0 aromatic heterocycles. The van der Waals surface area contributed by atoms with Crippen molar-refractivity contribution in [1.82, 2.24) is 20.9 Å². The quantitative estimate of drug-likeness (QED) is 0.713. The molecule has 0 bridgehead atoms. The molecule has 3 rings (SSSR count). The second kappa shape index (κ2) is 6.46. The summed E-state index contributed by atoms with van der Waals surface area (Å²) in [6.45, 7) is 1.04. The second-order valence-corrected chi connectivity index (χ2v) is 6.13. The van der Waals surface area contributed by atoms with Crippen LogP contribution in [0.4, 0.5) is 14.0 Å². The van der Waals surface area contributed by atoms with E-state index in [1.807, 2.05) is 0 Å². The fourth-order valence-corrected chi connectivity index (χ4v) is 3.16. The van der Waals surface area contributed by atoms with Gasteiger partial charge in [-0.25, -0.2) is 14.0 Å². The minimum atomic E-state index is -1.02. The molecule has 24 heavy (non-hydrogen) atoms. The van der Waals surface area contributed by atoms with E-state index in [4.69, 9.17) is 0 Å². The van der Waals surface area contributed by atoms with Gasteiger partial charge in [-0.15, -0.1) is 0 Å². The molecule has 2 saturated heterocycles. The number of carbonyl (C=O) groups excluding carboxylic acids is 3. The number of hydrogen-bond donors (Lipinski definition) is 3. The predicted molar refractivity (Wildman–Crippen MR) is 83.7 cm³/mol. The number of nitrogens with zero attached hydrogens (tertiary/aromatic N) is 1. The van der Waals surface area contributed by atoms with Crippen molar-refractivity contribution in [3.05, 3.63) is 35.6 Å². The summed E-state index contributed by atoms with van der Waals surface area (Å²) < 4.78 is 13.1. The van der Waals surface area contributed by atoms with Gasteiger partial charge < -0.3 is 15.5 Å². The molecule has 3 N–H and O–H groups in total. The van der Waals surface area contributed by atoms with Gasteiger partial charge in [-0.2, -0.15) is 0 Å². The number of nitrogens with one attached hydrogen (secondary N) is 3. The second-order valence-electron chi connectivity index (χ2n) is 6.13. The van der Waals surface area contributed by atoms with Crippen LogP contribution in [0.2, 0.25) is 0 Å². The molecule has 0 radical (unpaired) electrons. The first-order valence-corrected chi connectivity index (χ1v) is 7.89. The summed E-state index contributed by atoms with van der Waals surface area (Å²) in [6.07, 6.45) is 1.66. The van der Waals surface area contributed by atoms with E-state index in [-0.39, 0.29) is 24.3 Å². The highest BCUT2D eigenvalue weighted by molar-refractivity contribution is 6.07. The molecule has 8 heteroatoms. The zero-order valence-corrected chi connectivity index (χ0v) is 13.1. The van der Waals surface area contributed by atoms with Crippen molar-refractivity contribution in [2.45, 2.75) is 24.8 Å². The van der Waals surface area contributed by atoms with E-state index in [1.54, 1.807) is 12.1 Å². The number of rotatable bonds is 3. The molecule has 2 aliphatic rings. The first-order valence-electron chi connectivity index (χ1n) is 7.89. The van der Waals surface area contributed by atoms with E-state index in [0.717, 1.165) is 5.56 Å². The van der Waals surface area contributed by atoms with Gasteiger partial charge in [0.05, 0.1) is 6.54 Å². The Hall–Kier alpha value is -2.64. The molecule has 1 aromatic rings. The van der Waals surface area contributed by atoms with Gasteiger partial charge in [0, 0.05) is 13.1 Å². The maximum Gasteiger partial charge on any atom is 0.322 e. The van der Waals surface area contributed by atoms with E-state index in [0.29, 0.717) is 32.4 Å². The molecule has 1 spiro atoms. The molecule has 1 unspecified atom stereocenters. The molecule has 2 fully saturated rings. The third kappa shape index (κ3) is 3.32. The van der Waals surface area contributed by atoms with Crippen molar-refractivity contribution >= 4 is 18.0 Å². The minimum absolute atomic E-state index is 0.149. The summed E-state index contributed by atoms with van der Waals surface area (Å²) in [6, 6.07) is 5.41. The van der Waals surface area contributed by atoms with Gasteiger partial charge in [0.15, 0.2) is 0 Å². The van der Waals surface area contributed by atoms with Gasteiger partial charge in [-0.05, 0) is 37.0 Å². The summed E-state index contributed by atoms with van der Waals surface area (Å²) in [7, 11) is 0. The summed E-state index contributed by atoms with van der Waals surface area (Å²) in [5.41, 5.74) is -0.220. The molecule has 0 saturated carbocycles. The average molecular weight is 334 g/mol. The predicted octanol–water partition coefficient (Wildman–Crippen LogP) is 0.752. The number of imide groups is 1. The molecule has 2 heterocycles. The number of urea groups is 2. The normalized spacial score (nSPS) is 23.1. The van der Waals surface area contributed by atoms with Gasteiger partial charge in [0.2, 0.25) is 0 Å². The van der Waals surface area contributed by atoms with Crippen LogP contribution < -0.4 is 16.0 Å². The van der Waals surface area contributed by atoms with Crippen LogP contribution in [0.3, 0.4) is 0 Å². The van der Waals surface area contributed by atoms with Crippen LogP contribution >= 0.6 is 0 Å². The number of hydrogen-bond acceptors (Lipinski definition) is 3. The lowest BCUT2D eigenvalue weighted by Crippen LogP contribution is -2.61. The van der Waals surface area contributed by atoms with Crippen molar-refractivity contribution in [3.63, 3.8) is 0 Å². The van der Waals surface area contributed by atoms with Gasteiger partial charge in [-0.3, -0.25) is 10.1 Å². The Kier molecular flexibility index (Phi) is 4.37. The maximum absolute atomic E-state index is 13.1. The van der Waals surface area contributed by atoms with Crippen LogP contribution in [-0.2, 0) is 11.2 Å². The van der Waals surface area contributed by atoms with Crippen molar-refractivity contribution < 1.29 is 18.8 Å². The standard InChI is InChI=1S/C16H19FN4O3/c17-12-4-1-3-11(9-12)5-7-18-15(24)21-8-2-6-16(10-21)13(22)19-14(23)20-16/h1,3-4,9H,2,5-8,10H2,(H,18,24)(H2,19,20,22,23). The molecule has 7 nitrogen and oxygen atoms in total. The van der Waals surface area contributed by atoms with Crippen molar-refractivity contribution in [2.75, 3.05) is 19.6 Å². The van der Waals surface area contributed by atoms with Crippen LogP contribution in [0.25, 0.3) is 0 Å². The SMILES string of the molecule is O=C1NC(=O)C2(CCCN(C(=O)NCCc3cccc(F)c3)C2)N1. The number of piperidine rings is 1. The highest BCUT2D eigenvalue weighted by Gasteiger charge is 2.49. The first kappa shape index (κ1) is 16.2. The van der Waals surface area contributed by atoms with Crippen LogP contribution in [0.1, 0.15) is 18.4 Å². The van der Waals surface area contributed by atoms with E-state index >= 15 is 0 Å². The van der Waals surface area contributed by atoms with Crippen molar-refractivity contribution in [1.29, 1.82) is 0 Å². The molecule has 2 aliphatic heterocycles. The van der Waals surface area contributed by atoms with Gasteiger partial charge in [0.1, 0.15) is 11.4 Å². The Bertz CT molecular complexity index is 681. The lowest BCUT2D eigenvalue weighted by Gasteiger charge is -2.37. The number of likely N-dealkylation sites (tertiary alicyclic amines) is 1. The zero-order valence-electron chi connectivity index (χ0n) is 13.1. The third-order valence-corrected chi connectivity index (χ3v) is 4.37. The van der Waals surface area contributed by atoms with Gasteiger partial charge in [-0.1, -0.05) is 12.1 Å². The number of amides is 5. The Morgan fingerprint density at radius 1 is 1.38 bits per heavy atom. The Morgan fingerprint density at radius 2 is 2.21 bits per heavy atom. The summed E-state index contributed by atoms with van der Waals surface area (Å²) >= 11 is 0. The largest absolute Gasteiger partial charge is 0.338 e. The summed E-state index contributed by atoms with van der Waals surface area (Å²) in [5, 5.41) is 7.63. The minimum Gasteiger partial charge on any atom is -0.338 e.